The van der Waals surface area contributed by atoms with Gasteiger partial charge in [0.2, 0.25) is 0 Å². The summed E-state index contributed by atoms with van der Waals surface area (Å²) in [6.45, 7) is 8.38. The molecule has 1 atom stereocenters. The summed E-state index contributed by atoms with van der Waals surface area (Å²) in [5.74, 6) is 1.90. The molecule has 0 saturated carbocycles. The van der Waals surface area contributed by atoms with E-state index in [1.54, 1.807) is 0 Å². The van der Waals surface area contributed by atoms with Crippen LogP contribution in [0, 0.1) is 19.3 Å². The number of furan rings is 1. The third-order valence-corrected chi connectivity index (χ3v) is 6.16. The summed E-state index contributed by atoms with van der Waals surface area (Å²) in [5.41, 5.74) is 2.19. The van der Waals surface area contributed by atoms with E-state index in [9.17, 15) is 4.79 Å². The van der Waals surface area contributed by atoms with Crippen molar-refractivity contribution in [3.8, 4) is 0 Å². The Kier molecular flexibility index (Phi) is 3.58. The summed E-state index contributed by atoms with van der Waals surface area (Å²) in [6.07, 6.45) is 1.83. The summed E-state index contributed by atoms with van der Waals surface area (Å²) in [4.78, 5) is 14.6. The fourth-order valence-electron chi connectivity index (χ4n) is 3.86. The minimum Gasteiger partial charge on any atom is -0.466 e. The van der Waals surface area contributed by atoms with Crippen LogP contribution >= 0.6 is 11.3 Å². The number of fused-ring (bicyclic) bond motifs is 2. The van der Waals surface area contributed by atoms with Crippen LogP contribution in [0.15, 0.2) is 16.5 Å². The molecule has 3 aromatic rings. The quantitative estimate of drug-likeness (QED) is 0.744. The first-order valence-corrected chi connectivity index (χ1v) is 9.38. The van der Waals surface area contributed by atoms with Gasteiger partial charge in [-0.15, -0.1) is 11.3 Å². The fourth-order valence-corrected chi connectivity index (χ4v) is 4.89. The van der Waals surface area contributed by atoms with Crippen molar-refractivity contribution < 1.29 is 9.21 Å². The topological polar surface area (TPSA) is 60.1 Å². The van der Waals surface area contributed by atoms with Gasteiger partial charge < -0.3 is 9.73 Å². The standard InChI is InChI=1S/C19H23N3O2S/c1-10-6-13-14(8-19(3,4)9-15(13)24-10)20-17(23)16-7-12-11(2)21-22(5)18(12)25-16/h6-7,14H,8-9H2,1-5H3,(H,20,23). The van der Waals surface area contributed by atoms with E-state index in [4.69, 9.17) is 4.42 Å². The highest BCUT2D eigenvalue weighted by molar-refractivity contribution is 7.20. The highest BCUT2D eigenvalue weighted by atomic mass is 32.1. The van der Waals surface area contributed by atoms with Gasteiger partial charge in [0, 0.05) is 24.4 Å². The summed E-state index contributed by atoms with van der Waals surface area (Å²) in [5, 5.41) is 8.69. The van der Waals surface area contributed by atoms with Gasteiger partial charge in [0.25, 0.3) is 5.91 Å². The van der Waals surface area contributed by atoms with Crippen LogP contribution in [0.5, 0.6) is 0 Å². The molecule has 3 aromatic heterocycles. The van der Waals surface area contributed by atoms with Gasteiger partial charge in [-0.1, -0.05) is 13.8 Å². The zero-order chi connectivity index (χ0) is 17.9. The Balaban J connectivity index is 1.64. The van der Waals surface area contributed by atoms with Crippen LogP contribution in [0.3, 0.4) is 0 Å². The molecule has 0 fully saturated rings. The van der Waals surface area contributed by atoms with Gasteiger partial charge in [-0.2, -0.15) is 5.10 Å². The van der Waals surface area contributed by atoms with Gasteiger partial charge in [-0.3, -0.25) is 9.48 Å². The summed E-state index contributed by atoms with van der Waals surface area (Å²) < 4.78 is 7.71. The lowest BCUT2D eigenvalue weighted by atomic mass is 9.74. The molecule has 0 aliphatic heterocycles. The second-order valence-electron chi connectivity index (χ2n) is 7.85. The summed E-state index contributed by atoms with van der Waals surface area (Å²) in [7, 11) is 1.91. The van der Waals surface area contributed by atoms with Crippen molar-refractivity contribution in [2.24, 2.45) is 12.5 Å². The van der Waals surface area contributed by atoms with E-state index in [2.05, 4.69) is 30.3 Å². The zero-order valence-corrected chi connectivity index (χ0v) is 16.1. The molecule has 1 unspecified atom stereocenters. The predicted octanol–water partition coefficient (Wildman–Crippen LogP) is 4.29. The number of carbonyl (C=O) groups is 1. The molecule has 0 aromatic carbocycles. The maximum Gasteiger partial charge on any atom is 0.261 e. The van der Waals surface area contributed by atoms with Crippen LogP contribution < -0.4 is 5.32 Å². The van der Waals surface area contributed by atoms with Crippen LogP contribution in [0.4, 0.5) is 0 Å². The Bertz CT molecular complexity index is 942. The SMILES string of the molecule is Cc1cc2c(o1)CC(C)(C)CC2NC(=O)c1cc2c(C)nn(C)c2s1. The second-order valence-corrected chi connectivity index (χ2v) is 8.88. The molecule has 1 N–H and O–H groups in total. The highest BCUT2D eigenvalue weighted by Crippen LogP contribution is 2.42. The van der Waals surface area contributed by atoms with Crippen molar-refractivity contribution in [2.75, 3.05) is 0 Å². The number of carbonyl (C=O) groups excluding carboxylic acids is 1. The van der Waals surface area contributed by atoms with Crippen molar-refractivity contribution in [1.29, 1.82) is 0 Å². The fraction of sp³-hybridized carbons (Fsp3) is 0.474. The molecule has 25 heavy (non-hydrogen) atoms. The minimum atomic E-state index is -0.0203. The predicted molar refractivity (Wildman–Crippen MR) is 99.1 cm³/mol. The first kappa shape index (κ1) is 16.4. The number of nitrogens with one attached hydrogen (secondary N) is 1. The molecule has 3 heterocycles. The van der Waals surface area contributed by atoms with Crippen LogP contribution in [-0.4, -0.2) is 15.7 Å². The molecular weight excluding hydrogens is 334 g/mol. The van der Waals surface area contributed by atoms with Crippen molar-refractivity contribution >= 4 is 27.5 Å². The average Bonchev–Trinajstić information content (AvgIpc) is 3.14. The van der Waals surface area contributed by atoms with E-state index < -0.39 is 0 Å². The van der Waals surface area contributed by atoms with Crippen molar-refractivity contribution in [3.63, 3.8) is 0 Å². The maximum atomic E-state index is 12.9. The Hall–Kier alpha value is -2.08. The van der Waals surface area contributed by atoms with Gasteiger partial charge in [0.15, 0.2) is 0 Å². The summed E-state index contributed by atoms with van der Waals surface area (Å²) in [6, 6.07) is 4.01. The number of thiophene rings is 1. The van der Waals surface area contributed by atoms with E-state index in [1.807, 2.05) is 31.6 Å². The van der Waals surface area contributed by atoms with Crippen LogP contribution in [0.1, 0.15) is 58.8 Å². The molecule has 0 saturated heterocycles. The Labute approximate surface area is 151 Å². The van der Waals surface area contributed by atoms with Crippen LogP contribution in [0.2, 0.25) is 0 Å². The first-order chi connectivity index (χ1) is 11.7. The molecule has 6 heteroatoms. The molecule has 0 radical (unpaired) electrons. The van der Waals surface area contributed by atoms with Gasteiger partial charge in [-0.05, 0) is 37.8 Å². The molecule has 1 aliphatic carbocycles. The lowest BCUT2D eigenvalue weighted by molar-refractivity contribution is 0.0921. The number of hydrogen-bond donors (Lipinski definition) is 1. The Morgan fingerprint density at radius 3 is 2.88 bits per heavy atom. The van der Waals surface area contributed by atoms with Crippen molar-refractivity contribution in [3.05, 3.63) is 39.8 Å². The molecule has 0 spiro atoms. The zero-order valence-electron chi connectivity index (χ0n) is 15.3. The Morgan fingerprint density at radius 1 is 1.40 bits per heavy atom. The van der Waals surface area contributed by atoms with Crippen LogP contribution in [0.25, 0.3) is 10.2 Å². The molecule has 5 nitrogen and oxygen atoms in total. The van der Waals surface area contributed by atoms with Crippen LogP contribution in [-0.2, 0) is 13.5 Å². The molecule has 1 aliphatic rings. The third-order valence-electron chi connectivity index (χ3n) is 4.96. The molecule has 0 bridgehead atoms. The monoisotopic (exact) mass is 357 g/mol. The van der Waals surface area contributed by atoms with Gasteiger partial charge in [0.05, 0.1) is 16.6 Å². The third kappa shape index (κ3) is 2.78. The van der Waals surface area contributed by atoms with E-state index >= 15 is 0 Å². The van der Waals surface area contributed by atoms with E-state index in [1.165, 1.54) is 11.3 Å². The molecule has 1 amide bonds. The largest absolute Gasteiger partial charge is 0.466 e. The summed E-state index contributed by atoms with van der Waals surface area (Å²) >= 11 is 1.49. The molecular formula is C19H23N3O2S. The highest BCUT2D eigenvalue weighted by Gasteiger charge is 2.35. The van der Waals surface area contributed by atoms with E-state index in [0.717, 1.165) is 50.7 Å². The van der Waals surface area contributed by atoms with Gasteiger partial charge >= 0.3 is 0 Å². The van der Waals surface area contributed by atoms with Crippen molar-refractivity contribution in [2.45, 2.75) is 46.6 Å². The number of hydrogen-bond acceptors (Lipinski definition) is 4. The Morgan fingerprint density at radius 2 is 2.16 bits per heavy atom. The van der Waals surface area contributed by atoms with E-state index in [0.29, 0.717) is 0 Å². The normalized spacial score (nSPS) is 19.2. The molecule has 4 rings (SSSR count). The van der Waals surface area contributed by atoms with Crippen molar-refractivity contribution in [1.82, 2.24) is 15.1 Å². The number of amides is 1. The van der Waals surface area contributed by atoms with E-state index in [-0.39, 0.29) is 17.4 Å². The molecule has 132 valence electrons. The number of rotatable bonds is 2. The lowest BCUT2D eigenvalue weighted by Crippen LogP contribution is -2.35. The van der Waals surface area contributed by atoms with Gasteiger partial charge in [0.1, 0.15) is 16.4 Å². The number of nitrogens with zero attached hydrogens (tertiary/aromatic N) is 2. The number of aromatic nitrogens is 2. The second kappa shape index (κ2) is 5.46. The lowest BCUT2D eigenvalue weighted by Gasteiger charge is -2.34. The smallest absolute Gasteiger partial charge is 0.261 e. The first-order valence-electron chi connectivity index (χ1n) is 8.57. The maximum absolute atomic E-state index is 12.9. The average molecular weight is 357 g/mol. The minimum absolute atomic E-state index is 0.00636. The van der Waals surface area contributed by atoms with Gasteiger partial charge in [-0.25, -0.2) is 0 Å². The number of aryl methyl sites for hydroxylation is 3.